The van der Waals surface area contributed by atoms with Crippen molar-refractivity contribution in [2.24, 2.45) is 0 Å². The Kier molecular flexibility index (Phi) is 9.26. The molecule has 0 aliphatic rings. The third kappa shape index (κ3) is 7.13. The first-order valence-electron chi connectivity index (χ1n) is 20.1. The fourth-order valence-electron chi connectivity index (χ4n) is 7.74. The van der Waals surface area contributed by atoms with Crippen molar-refractivity contribution >= 4 is 31.5 Å². The quantitative estimate of drug-likeness (QED) is 0.152. The maximum atomic E-state index is 5.22. The molecule has 61 heavy (non-hydrogen) atoms. The molecule has 8 aromatic carbocycles. The summed E-state index contributed by atoms with van der Waals surface area (Å²) >= 11 is 1.81. The number of hydrogen-bond acceptors (Lipinski definition) is 7. The van der Waals surface area contributed by atoms with Crippen molar-refractivity contribution in [1.82, 2.24) is 29.9 Å². The molecule has 0 aliphatic carbocycles. The van der Waals surface area contributed by atoms with Crippen LogP contribution in [0.15, 0.2) is 206 Å². The fourth-order valence-corrected chi connectivity index (χ4v) is 8.81. The van der Waals surface area contributed by atoms with Gasteiger partial charge >= 0.3 is 0 Å². The minimum absolute atomic E-state index is 0.548. The highest BCUT2D eigenvalue weighted by atomic mass is 32.1. The smallest absolute Gasteiger partial charge is 0.164 e. The van der Waals surface area contributed by atoms with Gasteiger partial charge in [0.15, 0.2) is 34.9 Å². The first-order chi connectivity index (χ1) is 30.2. The van der Waals surface area contributed by atoms with E-state index in [1.165, 1.54) is 31.3 Å². The van der Waals surface area contributed by atoms with Crippen LogP contribution in [-0.2, 0) is 0 Å². The standard InChI is InChI=1S/C54H34N6S/c1-6-16-35(17-7-1)40-27-30-47-44(32-40)45-33-41(28-31-48(45)61-47)43-29-26-42(53-57-49(36-18-8-2-9-19-36)55-50(58-53)37-20-10-3-11-21-37)34-46(43)54-59-51(38-22-12-4-13-23-38)56-52(60-54)39-24-14-5-15-25-39/h1-34H. The molecule has 11 aromatic rings. The molecule has 286 valence electrons. The third-order valence-electron chi connectivity index (χ3n) is 10.8. The van der Waals surface area contributed by atoms with Gasteiger partial charge in [0, 0.05) is 53.6 Å². The molecular weight excluding hydrogens is 765 g/mol. The SMILES string of the molecule is c1ccc(-c2ccc3sc4ccc(-c5ccc(-c6nc(-c7ccccc7)nc(-c7ccccc7)n6)cc5-c5nc(-c6ccccc6)nc(-c6ccccc6)n5)cc4c3c2)cc1. The first kappa shape index (κ1) is 36.1. The molecule has 0 radical (unpaired) electrons. The Morgan fingerprint density at radius 3 is 1.02 bits per heavy atom. The van der Waals surface area contributed by atoms with E-state index in [9.17, 15) is 0 Å². The van der Waals surface area contributed by atoms with Crippen LogP contribution in [0.1, 0.15) is 0 Å². The van der Waals surface area contributed by atoms with E-state index < -0.39 is 0 Å². The summed E-state index contributed by atoms with van der Waals surface area (Å²) in [7, 11) is 0. The van der Waals surface area contributed by atoms with Crippen molar-refractivity contribution < 1.29 is 0 Å². The van der Waals surface area contributed by atoms with Gasteiger partial charge in [-0.1, -0.05) is 176 Å². The topological polar surface area (TPSA) is 77.3 Å². The van der Waals surface area contributed by atoms with Crippen LogP contribution in [0.4, 0.5) is 0 Å². The summed E-state index contributed by atoms with van der Waals surface area (Å²) in [6, 6.07) is 70.7. The molecule has 0 spiro atoms. The minimum Gasteiger partial charge on any atom is -0.208 e. The van der Waals surface area contributed by atoms with Crippen molar-refractivity contribution in [2.45, 2.75) is 0 Å². The molecule has 0 bridgehead atoms. The molecule has 3 heterocycles. The molecular formula is C54H34N6S. The van der Waals surface area contributed by atoms with Crippen LogP contribution in [0.25, 0.3) is 111 Å². The number of rotatable bonds is 8. The van der Waals surface area contributed by atoms with Gasteiger partial charge in [-0.3, -0.25) is 0 Å². The number of fused-ring (bicyclic) bond motifs is 3. The lowest BCUT2D eigenvalue weighted by molar-refractivity contribution is 1.07. The molecule has 6 nitrogen and oxygen atoms in total. The molecule has 0 fully saturated rings. The van der Waals surface area contributed by atoms with Crippen LogP contribution >= 0.6 is 11.3 Å². The number of aromatic nitrogens is 6. The van der Waals surface area contributed by atoms with Crippen molar-refractivity contribution in [3.05, 3.63) is 206 Å². The maximum absolute atomic E-state index is 5.22. The predicted molar refractivity (Wildman–Crippen MR) is 250 cm³/mol. The van der Waals surface area contributed by atoms with E-state index in [0.717, 1.165) is 44.5 Å². The molecule has 0 unspecified atom stereocenters. The Bertz CT molecular complexity index is 3220. The molecule has 11 rings (SSSR count). The summed E-state index contributed by atoms with van der Waals surface area (Å²) in [4.78, 5) is 30.6. The summed E-state index contributed by atoms with van der Waals surface area (Å²) in [5.41, 5.74) is 9.68. The molecule has 0 N–H and O–H groups in total. The molecule has 0 saturated heterocycles. The number of benzene rings is 8. The second-order valence-electron chi connectivity index (χ2n) is 14.7. The van der Waals surface area contributed by atoms with Crippen molar-refractivity contribution in [1.29, 1.82) is 0 Å². The van der Waals surface area contributed by atoms with E-state index in [2.05, 4.69) is 84.9 Å². The Morgan fingerprint density at radius 2 is 0.574 bits per heavy atom. The lowest BCUT2D eigenvalue weighted by Gasteiger charge is -2.14. The molecule has 3 aromatic heterocycles. The van der Waals surface area contributed by atoms with Gasteiger partial charge in [0.2, 0.25) is 0 Å². The van der Waals surface area contributed by atoms with Crippen LogP contribution < -0.4 is 0 Å². The highest BCUT2D eigenvalue weighted by Crippen LogP contribution is 2.41. The monoisotopic (exact) mass is 798 g/mol. The number of hydrogen-bond donors (Lipinski definition) is 0. The summed E-state index contributed by atoms with van der Waals surface area (Å²) < 4.78 is 2.48. The van der Waals surface area contributed by atoms with Gasteiger partial charge in [0.25, 0.3) is 0 Å². The van der Waals surface area contributed by atoms with Crippen molar-refractivity contribution in [2.75, 3.05) is 0 Å². The van der Waals surface area contributed by atoms with Crippen LogP contribution in [0.5, 0.6) is 0 Å². The first-order valence-corrected chi connectivity index (χ1v) is 20.9. The van der Waals surface area contributed by atoms with Gasteiger partial charge in [-0.2, -0.15) is 0 Å². The predicted octanol–water partition coefficient (Wildman–Crippen LogP) is 13.8. The van der Waals surface area contributed by atoms with Gasteiger partial charge in [-0.05, 0) is 52.6 Å². The second-order valence-corrected chi connectivity index (χ2v) is 15.8. The number of nitrogens with zero attached hydrogens (tertiary/aromatic N) is 6. The van der Waals surface area contributed by atoms with Crippen molar-refractivity contribution in [3.8, 4) is 90.6 Å². The fraction of sp³-hybridized carbons (Fsp3) is 0. The van der Waals surface area contributed by atoms with Crippen LogP contribution in [0.3, 0.4) is 0 Å². The van der Waals surface area contributed by atoms with Crippen molar-refractivity contribution in [3.63, 3.8) is 0 Å². The highest BCUT2D eigenvalue weighted by Gasteiger charge is 2.20. The summed E-state index contributed by atoms with van der Waals surface area (Å²) in [6.45, 7) is 0. The van der Waals surface area contributed by atoms with Gasteiger partial charge in [-0.25, -0.2) is 29.9 Å². The van der Waals surface area contributed by atoms with Crippen LogP contribution in [0.2, 0.25) is 0 Å². The third-order valence-corrected chi connectivity index (χ3v) is 12.0. The van der Waals surface area contributed by atoms with Gasteiger partial charge in [0.1, 0.15) is 0 Å². The Balaban J connectivity index is 1.15. The van der Waals surface area contributed by atoms with Gasteiger partial charge in [-0.15, -0.1) is 11.3 Å². The average molecular weight is 799 g/mol. The molecule has 0 saturated carbocycles. The summed E-state index contributed by atoms with van der Waals surface area (Å²) in [6.07, 6.45) is 0. The van der Waals surface area contributed by atoms with E-state index in [4.69, 9.17) is 29.9 Å². The lowest BCUT2D eigenvalue weighted by Crippen LogP contribution is -2.02. The zero-order chi connectivity index (χ0) is 40.5. The van der Waals surface area contributed by atoms with Gasteiger partial charge in [0.05, 0.1) is 0 Å². The van der Waals surface area contributed by atoms with E-state index >= 15 is 0 Å². The highest BCUT2D eigenvalue weighted by molar-refractivity contribution is 7.25. The van der Waals surface area contributed by atoms with E-state index in [1.807, 2.05) is 133 Å². The van der Waals surface area contributed by atoms with E-state index in [0.29, 0.717) is 34.9 Å². The Morgan fingerprint density at radius 1 is 0.230 bits per heavy atom. The lowest BCUT2D eigenvalue weighted by atomic mass is 9.95. The maximum Gasteiger partial charge on any atom is 0.164 e. The second kappa shape index (κ2) is 15.6. The Hall–Kier alpha value is -8.00. The molecule has 0 atom stereocenters. The van der Waals surface area contributed by atoms with Crippen LogP contribution in [0, 0.1) is 0 Å². The molecule has 7 heteroatoms. The largest absolute Gasteiger partial charge is 0.208 e. The molecule has 0 amide bonds. The van der Waals surface area contributed by atoms with Crippen LogP contribution in [-0.4, -0.2) is 29.9 Å². The summed E-state index contributed by atoms with van der Waals surface area (Å²) in [5.74, 6) is 3.47. The molecule has 0 aliphatic heterocycles. The van der Waals surface area contributed by atoms with Gasteiger partial charge < -0.3 is 0 Å². The van der Waals surface area contributed by atoms with E-state index in [-0.39, 0.29) is 0 Å². The zero-order valence-electron chi connectivity index (χ0n) is 32.7. The normalized spacial score (nSPS) is 11.3. The zero-order valence-corrected chi connectivity index (χ0v) is 33.5. The van der Waals surface area contributed by atoms with E-state index in [1.54, 1.807) is 0 Å². The summed E-state index contributed by atoms with van der Waals surface area (Å²) in [5, 5.41) is 2.43. The number of thiophene rings is 1. The average Bonchev–Trinajstić information content (AvgIpc) is 3.72. The Labute approximate surface area is 356 Å². The minimum atomic E-state index is 0.548.